The topological polar surface area (TPSA) is 77.5 Å². The number of piperidine rings is 2. The van der Waals surface area contributed by atoms with Crippen molar-refractivity contribution in [1.29, 1.82) is 0 Å². The van der Waals surface area contributed by atoms with Crippen LogP contribution in [-0.4, -0.2) is 69.6 Å². The molecule has 0 aromatic carbocycles. The van der Waals surface area contributed by atoms with Crippen LogP contribution in [0.1, 0.15) is 275 Å². The van der Waals surface area contributed by atoms with E-state index in [1.54, 1.807) is 0 Å². The molecule has 0 radical (unpaired) electrons. The van der Waals surface area contributed by atoms with Gasteiger partial charge in [-0.1, -0.05) is 159 Å². The highest BCUT2D eigenvalue weighted by Gasteiger charge is 2.55. The van der Waals surface area contributed by atoms with Gasteiger partial charge < -0.3 is 9.47 Å². The van der Waals surface area contributed by atoms with Gasteiger partial charge in [-0.2, -0.15) is 10.1 Å². The lowest BCUT2D eigenvalue weighted by molar-refractivity contribution is -0.313. The molecule has 2 aliphatic rings. The standard InChI is InChI=1S/C52H100N2O6/c1-11-21-23-25-31-35-39-57-53-49(13-3,14-4)41-45(42-50(53,15-5)16-6)59-47(55)37-33-29-27-28-30-34-38-48(56)60-46-43-51(17-7,18-8)54(52(19-9,20-10)44-46)58-40-36-32-26-24-22-12-2/h45-46H,11-44H2,1-10H3. The van der Waals surface area contributed by atoms with Gasteiger partial charge in [0.15, 0.2) is 0 Å². The van der Waals surface area contributed by atoms with Gasteiger partial charge in [-0.05, 0) is 77.0 Å². The molecule has 0 spiro atoms. The molecule has 60 heavy (non-hydrogen) atoms. The van der Waals surface area contributed by atoms with Gasteiger partial charge >= 0.3 is 11.9 Å². The first-order valence-electron chi connectivity index (χ1n) is 26.3. The number of hydroxylamine groups is 4. The van der Waals surface area contributed by atoms with E-state index < -0.39 is 0 Å². The highest BCUT2D eigenvalue weighted by atomic mass is 16.7. The van der Waals surface area contributed by atoms with Crippen molar-refractivity contribution in [3.05, 3.63) is 0 Å². The molecular weight excluding hydrogens is 749 g/mol. The Kier molecular flexibility index (Phi) is 27.5. The van der Waals surface area contributed by atoms with Gasteiger partial charge in [0.05, 0.1) is 13.2 Å². The molecule has 0 unspecified atom stereocenters. The minimum absolute atomic E-state index is 0.0491. The lowest BCUT2D eigenvalue weighted by Crippen LogP contribution is -2.66. The first-order chi connectivity index (χ1) is 29.0. The molecular formula is C52H100N2O6. The zero-order valence-corrected chi connectivity index (χ0v) is 41.5. The van der Waals surface area contributed by atoms with E-state index in [9.17, 15) is 9.59 Å². The lowest BCUT2D eigenvalue weighted by Gasteiger charge is -2.58. The van der Waals surface area contributed by atoms with Crippen molar-refractivity contribution < 1.29 is 28.7 Å². The van der Waals surface area contributed by atoms with E-state index in [4.69, 9.17) is 19.1 Å². The number of hydrogen-bond donors (Lipinski definition) is 0. The largest absolute Gasteiger partial charge is 0.462 e. The normalized spacial score (nSPS) is 19.4. The number of ether oxygens (including phenoxy) is 2. The average Bonchev–Trinajstić information content (AvgIpc) is 3.26. The Morgan fingerprint density at radius 1 is 0.383 bits per heavy atom. The van der Waals surface area contributed by atoms with Gasteiger partial charge in [-0.25, -0.2) is 0 Å². The van der Waals surface area contributed by atoms with Crippen molar-refractivity contribution in [2.75, 3.05) is 13.2 Å². The molecule has 2 aliphatic heterocycles. The number of rotatable bonds is 35. The maximum atomic E-state index is 13.2. The summed E-state index contributed by atoms with van der Waals surface area (Å²) in [6, 6.07) is 0. The van der Waals surface area contributed by atoms with E-state index >= 15 is 0 Å². The highest BCUT2D eigenvalue weighted by Crippen LogP contribution is 2.49. The first kappa shape index (κ1) is 54.9. The van der Waals surface area contributed by atoms with E-state index in [0.717, 1.165) is 142 Å². The van der Waals surface area contributed by atoms with Gasteiger partial charge in [-0.15, -0.1) is 0 Å². The summed E-state index contributed by atoms with van der Waals surface area (Å²) in [5.74, 6) is -0.0983. The molecule has 8 nitrogen and oxygen atoms in total. The summed E-state index contributed by atoms with van der Waals surface area (Å²) < 4.78 is 12.6. The van der Waals surface area contributed by atoms with Crippen LogP contribution >= 0.6 is 0 Å². The SMILES string of the molecule is CCCCCCCCON1C(CC)(CC)CC(OC(=O)CCCCCCCCC(=O)OC2CC(CC)(CC)N(OCCCCCCCC)C(CC)(CC)C2)CC1(CC)CC. The van der Waals surface area contributed by atoms with Crippen LogP contribution in [-0.2, 0) is 28.7 Å². The smallest absolute Gasteiger partial charge is 0.306 e. The summed E-state index contributed by atoms with van der Waals surface area (Å²) in [6.07, 6.45) is 33.0. The molecule has 2 fully saturated rings. The van der Waals surface area contributed by atoms with Crippen LogP contribution in [0.25, 0.3) is 0 Å². The van der Waals surface area contributed by atoms with E-state index in [2.05, 4.69) is 79.4 Å². The molecule has 0 amide bonds. The molecule has 0 aliphatic carbocycles. The van der Waals surface area contributed by atoms with Crippen molar-refractivity contribution in [2.45, 2.75) is 309 Å². The van der Waals surface area contributed by atoms with Crippen LogP contribution in [0.4, 0.5) is 0 Å². The van der Waals surface area contributed by atoms with Gasteiger partial charge in [-0.3, -0.25) is 19.3 Å². The Bertz CT molecular complexity index is 984. The van der Waals surface area contributed by atoms with Crippen LogP contribution in [0, 0.1) is 0 Å². The second-order valence-corrected chi connectivity index (χ2v) is 19.2. The Morgan fingerprint density at radius 2 is 0.633 bits per heavy atom. The third-order valence-corrected chi connectivity index (χ3v) is 15.5. The summed E-state index contributed by atoms with van der Waals surface area (Å²) in [7, 11) is 0. The van der Waals surface area contributed by atoms with Crippen LogP contribution in [0.15, 0.2) is 0 Å². The molecule has 0 saturated carbocycles. The van der Waals surface area contributed by atoms with Gasteiger partial charge in [0, 0.05) is 60.7 Å². The summed E-state index contributed by atoms with van der Waals surface area (Å²) in [6.45, 7) is 24.3. The Hall–Kier alpha value is -1.22. The molecule has 8 heteroatoms. The monoisotopic (exact) mass is 849 g/mol. The van der Waals surface area contributed by atoms with Crippen molar-refractivity contribution in [2.24, 2.45) is 0 Å². The number of nitrogens with zero attached hydrogens (tertiary/aromatic N) is 2. The fraction of sp³-hybridized carbons (Fsp3) is 0.962. The van der Waals surface area contributed by atoms with Crippen molar-refractivity contribution in [3.8, 4) is 0 Å². The second-order valence-electron chi connectivity index (χ2n) is 19.2. The van der Waals surface area contributed by atoms with Crippen LogP contribution in [0.3, 0.4) is 0 Å². The predicted octanol–water partition coefficient (Wildman–Crippen LogP) is 14.9. The molecule has 0 N–H and O–H groups in total. The second kappa shape index (κ2) is 30.0. The van der Waals surface area contributed by atoms with E-state index in [0.29, 0.717) is 12.8 Å². The summed E-state index contributed by atoms with van der Waals surface area (Å²) >= 11 is 0. The van der Waals surface area contributed by atoms with E-state index in [1.165, 1.54) is 64.2 Å². The third kappa shape index (κ3) is 16.4. The fourth-order valence-electron chi connectivity index (χ4n) is 11.0. The highest BCUT2D eigenvalue weighted by molar-refractivity contribution is 5.70. The number of hydrogen-bond acceptors (Lipinski definition) is 8. The Labute approximate surface area is 372 Å². The zero-order valence-electron chi connectivity index (χ0n) is 41.5. The van der Waals surface area contributed by atoms with Crippen LogP contribution < -0.4 is 0 Å². The number of carbonyl (C=O) groups is 2. The zero-order chi connectivity index (χ0) is 44.3. The molecule has 0 bridgehead atoms. The van der Waals surface area contributed by atoms with E-state index in [1.807, 2.05) is 0 Å². The van der Waals surface area contributed by atoms with Crippen LogP contribution in [0.2, 0.25) is 0 Å². The molecule has 0 aromatic heterocycles. The maximum absolute atomic E-state index is 13.2. The molecule has 0 aromatic rings. The van der Waals surface area contributed by atoms with Crippen molar-refractivity contribution >= 4 is 11.9 Å². The minimum Gasteiger partial charge on any atom is -0.462 e. The molecule has 2 saturated heterocycles. The van der Waals surface area contributed by atoms with Gasteiger partial charge in [0.1, 0.15) is 12.2 Å². The average molecular weight is 849 g/mol. The first-order valence-corrected chi connectivity index (χ1v) is 26.3. The quantitative estimate of drug-likeness (QED) is 0.0461. The fourth-order valence-corrected chi connectivity index (χ4v) is 11.0. The molecule has 0 atom stereocenters. The summed E-state index contributed by atoms with van der Waals surface area (Å²) in [5, 5.41) is 4.80. The number of carbonyl (C=O) groups excluding carboxylic acids is 2. The molecule has 2 heterocycles. The van der Waals surface area contributed by atoms with Crippen LogP contribution in [0.5, 0.6) is 0 Å². The van der Waals surface area contributed by atoms with E-state index in [-0.39, 0.29) is 46.3 Å². The lowest BCUT2D eigenvalue weighted by atomic mass is 9.71. The molecule has 2 rings (SSSR count). The van der Waals surface area contributed by atoms with Gasteiger partial charge in [0.25, 0.3) is 0 Å². The number of unbranched alkanes of at least 4 members (excludes halogenated alkanes) is 15. The van der Waals surface area contributed by atoms with Crippen molar-refractivity contribution in [3.63, 3.8) is 0 Å². The maximum Gasteiger partial charge on any atom is 0.306 e. The summed E-state index contributed by atoms with van der Waals surface area (Å²) in [4.78, 5) is 39.9. The van der Waals surface area contributed by atoms with Crippen molar-refractivity contribution in [1.82, 2.24) is 10.1 Å². The summed E-state index contributed by atoms with van der Waals surface area (Å²) in [5.41, 5.74) is -0.467. The Balaban J connectivity index is 1.78. The predicted molar refractivity (Wildman–Crippen MR) is 251 cm³/mol. The number of esters is 2. The third-order valence-electron chi connectivity index (χ3n) is 15.5. The van der Waals surface area contributed by atoms with Gasteiger partial charge in [0.2, 0.25) is 0 Å². The Morgan fingerprint density at radius 3 is 0.900 bits per heavy atom. The minimum atomic E-state index is -0.117. The molecule has 354 valence electrons.